The molecule has 3 aliphatic rings. The average Bonchev–Trinajstić information content (AvgIpc) is 3.34. The van der Waals surface area contributed by atoms with E-state index in [1.807, 2.05) is 13.8 Å². The van der Waals surface area contributed by atoms with Crippen LogP contribution < -0.4 is 0 Å². The molecule has 0 saturated carbocycles. The van der Waals surface area contributed by atoms with Crippen molar-refractivity contribution in [2.75, 3.05) is 19.7 Å². The molecule has 0 aromatic rings. The summed E-state index contributed by atoms with van der Waals surface area (Å²) < 4.78 is 6.31. The van der Waals surface area contributed by atoms with Gasteiger partial charge in [-0.1, -0.05) is 55.6 Å². The number of nitrogens with zero attached hydrogens (tertiary/aromatic N) is 2. The van der Waals surface area contributed by atoms with Crippen molar-refractivity contribution in [2.24, 2.45) is 17.8 Å². The second-order valence-electron chi connectivity index (χ2n) is 9.99. The maximum atomic E-state index is 14.1. The SMILES string of the molecule is C=CCN(CCCCC)C(=O)[C@H]1N([C@@H](CO)CC(C)C)C(=O)[C@@H]2[C@@H](C(=O)O)[C@@H]3O[C@@]21CC3Br. The van der Waals surface area contributed by atoms with Crippen molar-refractivity contribution in [1.29, 1.82) is 0 Å². The molecule has 3 rings (SSSR count). The molecule has 0 aromatic carbocycles. The van der Waals surface area contributed by atoms with E-state index in [4.69, 9.17) is 4.74 Å². The lowest BCUT2D eigenvalue weighted by Gasteiger charge is -2.39. The van der Waals surface area contributed by atoms with Crippen molar-refractivity contribution in [3.63, 3.8) is 0 Å². The minimum absolute atomic E-state index is 0.175. The Kier molecular flexibility index (Phi) is 8.28. The molecule has 3 heterocycles. The normalized spacial score (nSPS) is 33.5. The lowest BCUT2D eigenvalue weighted by molar-refractivity contribution is -0.153. The van der Waals surface area contributed by atoms with Gasteiger partial charge in [0.05, 0.1) is 30.6 Å². The lowest BCUT2D eigenvalue weighted by Crippen LogP contribution is -2.59. The number of amides is 2. The highest BCUT2D eigenvalue weighted by Crippen LogP contribution is 2.60. The number of halogens is 1. The molecule has 9 heteroatoms. The summed E-state index contributed by atoms with van der Waals surface area (Å²) in [6, 6.07) is -1.56. The summed E-state index contributed by atoms with van der Waals surface area (Å²) in [5.41, 5.74) is -1.22. The van der Waals surface area contributed by atoms with E-state index in [-0.39, 0.29) is 23.3 Å². The predicted octanol–water partition coefficient (Wildman–Crippen LogP) is 2.43. The van der Waals surface area contributed by atoms with E-state index >= 15 is 0 Å². The van der Waals surface area contributed by atoms with E-state index < -0.39 is 47.5 Å². The molecule has 1 spiro atoms. The fraction of sp³-hybridized carbons (Fsp3) is 0.792. The first-order chi connectivity index (χ1) is 15.6. The summed E-state index contributed by atoms with van der Waals surface area (Å²) in [6.45, 7) is 10.4. The Morgan fingerprint density at radius 3 is 2.64 bits per heavy atom. The minimum atomic E-state index is -1.22. The Bertz CT molecular complexity index is 776. The van der Waals surface area contributed by atoms with E-state index in [1.165, 1.54) is 4.90 Å². The number of hydrogen-bond donors (Lipinski definition) is 2. The van der Waals surface area contributed by atoms with Crippen molar-refractivity contribution >= 4 is 33.7 Å². The standard InChI is InChI=1S/C24H37BrN2O6/c1-5-7-8-10-26(9-6-2)22(30)20-24-12-16(25)19(33-24)17(23(31)32)18(24)21(29)27(20)15(13-28)11-14(3)4/h6,14-20,28H,2,5,7-13H2,1,3-4H3,(H,31,32)/t15-,16?,17-,18+,19-,20-,24+/m1/s1. The van der Waals surface area contributed by atoms with Crippen LogP contribution in [0.2, 0.25) is 0 Å². The van der Waals surface area contributed by atoms with E-state index in [1.54, 1.807) is 11.0 Å². The van der Waals surface area contributed by atoms with E-state index in [9.17, 15) is 24.6 Å². The van der Waals surface area contributed by atoms with Crippen LogP contribution in [0.4, 0.5) is 0 Å². The third-order valence-corrected chi connectivity index (χ3v) is 8.13. The van der Waals surface area contributed by atoms with Crippen LogP contribution in [0.25, 0.3) is 0 Å². The fourth-order valence-electron chi connectivity index (χ4n) is 6.02. The Hall–Kier alpha value is -1.45. The molecule has 186 valence electrons. The minimum Gasteiger partial charge on any atom is -0.481 e. The van der Waals surface area contributed by atoms with Gasteiger partial charge >= 0.3 is 5.97 Å². The summed E-state index contributed by atoms with van der Waals surface area (Å²) >= 11 is 3.56. The number of aliphatic hydroxyl groups is 1. The van der Waals surface area contributed by atoms with Gasteiger partial charge in [-0.05, 0) is 25.2 Å². The lowest BCUT2D eigenvalue weighted by atomic mass is 9.70. The number of hydrogen-bond acceptors (Lipinski definition) is 5. The number of likely N-dealkylation sites (tertiary alicyclic amines) is 1. The van der Waals surface area contributed by atoms with Crippen LogP contribution in [0, 0.1) is 17.8 Å². The van der Waals surface area contributed by atoms with Crippen LogP contribution in [-0.2, 0) is 19.1 Å². The van der Waals surface area contributed by atoms with Crippen molar-refractivity contribution in [3.8, 4) is 0 Å². The molecule has 7 atom stereocenters. The third kappa shape index (κ3) is 4.48. The molecule has 2 amide bonds. The number of aliphatic hydroxyl groups excluding tert-OH is 1. The van der Waals surface area contributed by atoms with Crippen LogP contribution in [0.3, 0.4) is 0 Å². The maximum Gasteiger partial charge on any atom is 0.310 e. The zero-order chi connectivity index (χ0) is 24.5. The summed E-state index contributed by atoms with van der Waals surface area (Å²) in [6.07, 6.45) is 4.68. The Labute approximate surface area is 204 Å². The molecular weight excluding hydrogens is 492 g/mol. The number of ether oxygens (including phenoxy) is 1. The smallest absolute Gasteiger partial charge is 0.310 e. The van der Waals surface area contributed by atoms with Crippen LogP contribution in [0.15, 0.2) is 12.7 Å². The van der Waals surface area contributed by atoms with Crippen LogP contribution in [-0.4, -0.2) is 86.1 Å². The molecule has 2 bridgehead atoms. The monoisotopic (exact) mass is 528 g/mol. The summed E-state index contributed by atoms with van der Waals surface area (Å²) in [5, 5.41) is 20.2. The third-order valence-electron chi connectivity index (χ3n) is 7.29. The Morgan fingerprint density at radius 2 is 2.09 bits per heavy atom. The average molecular weight is 529 g/mol. The fourth-order valence-corrected chi connectivity index (χ4v) is 6.96. The summed E-state index contributed by atoms with van der Waals surface area (Å²) in [4.78, 5) is 43.0. The number of carboxylic acids is 1. The Balaban J connectivity index is 2.07. The van der Waals surface area contributed by atoms with Gasteiger partial charge in [0.25, 0.3) is 0 Å². The molecule has 3 aliphatic heterocycles. The zero-order valence-corrected chi connectivity index (χ0v) is 21.4. The van der Waals surface area contributed by atoms with Crippen LogP contribution in [0.5, 0.6) is 0 Å². The largest absolute Gasteiger partial charge is 0.481 e. The van der Waals surface area contributed by atoms with Crippen LogP contribution in [0.1, 0.15) is 52.9 Å². The molecule has 0 aromatic heterocycles. The molecule has 3 saturated heterocycles. The van der Waals surface area contributed by atoms with Gasteiger partial charge in [-0.2, -0.15) is 0 Å². The van der Waals surface area contributed by atoms with E-state index in [0.29, 0.717) is 25.9 Å². The second kappa shape index (κ2) is 10.4. The summed E-state index contributed by atoms with van der Waals surface area (Å²) in [5.74, 6) is -3.53. The zero-order valence-electron chi connectivity index (χ0n) is 19.8. The van der Waals surface area contributed by atoms with E-state index in [0.717, 1.165) is 19.3 Å². The van der Waals surface area contributed by atoms with Gasteiger partial charge in [0.1, 0.15) is 11.6 Å². The van der Waals surface area contributed by atoms with Crippen molar-refractivity contribution in [2.45, 2.75) is 81.5 Å². The van der Waals surface area contributed by atoms with Gasteiger partial charge in [-0.15, -0.1) is 6.58 Å². The van der Waals surface area contributed by atoms with Gasteiger partial charge in [-0.3, -0.25) is 14.4 Å². The maximum absolute atomic E-state index is 14.1. The highest BCUT2D eigenvalue weighted by Gasteiger charge is 2.77. The van der Waals surface area contributed by atoms with Gasteiger partial charge in [0.15, 0.2) is 0 Å². The number of alkyl halides is 1. The van der Waals surface area contributed by atoms with Crippen molar-refractivity contribution in [1.82, 2.24) is 9.80 Å². The molecule has 1 unspecified atom stereocenters. The molecule has 8 nitrogen and oxygen atoms in total. The first-order valence-corrected chi connectivity index (χ1v) is 12.9. The highest BCUT2D eigenvalue weighted by molar-refractivity contribution is 9.09. The van der Waals surface area contributed by atoms with Gasteiger partial charge in [0.2, 0.25) is 11.8 Å². The molecule has 0 aliphatic carbocycles. The topological polar surface area (TPSA) is 107 Å². The molecule has 2 N–H and O–H groups in total. The quantitative estimate of drug-likeness (QED) is 0.229. The second-order valence-corrected chi connectivity index (χ2v) is 11.2. The number of unbranched alkanes of at least 4 members (excludes halogenated alkanes) is 2. The molecular formula is C24H37BrN2O6. The number of fused-ring (bicyclic) bond motifs is 1. The van der Waals surface area contributed by atoms with Gasteiger partial charge in [0, 0.05) is 17.9 Å². The molecule has 3 fully saturated rings. The van der Waals surface area contributed by atoms with Gasteiger partial charge < -0.3 is 24.7 Å². The predicted molar refractivity (Wildman–Crippen MR) is 127 cm³/mol. The number of carboxylic acid groups (broad SMARTS) is 1. The Morgan fingerprint density at radius 1 is 1.39 bits per heavy atom. The number of aliphatic carboxylic acids is 1. The number of carbonyl (C=O) groups is 3. The summed E-state index contributed by atoms with van der Waals surface area (Å²) in [7, 11) is 0. The first kappa shape index (κ1) is 26.2. The van der Waals surface area contributed by atoms with E-state index in [2.05, 4.69) is 29.4 Å². The molecule has 0 radical (unpaired) electrons. The van der Waals surface area contributed by atoms with Crippen LogP contribution >= 0.6 is 15.9 Å². The van der Waals surface area contributed by atoms with Gasteiger partial charge in [-0.25, -0.2) is 0 Å². The number of carbonyl (C=O) groups excluding carboxylic acids is 2. The highest BCUT2D eigenvalue weighted by atomic mass is 79.9. The molecule has 33 heavy (non-hydrogen) atoms. The first-order valence-electron chi connectivity index (χ1n) is 12.0. The van der Waals surface area contributed by atoms with Crippen molar-refractivity contribution < 1.29 is 29.3 Å². The number of rotatable bonds is 12. The van der Waals surface area contributed by atoms with Crippen molar-refractivity contribution in [3.05, 3.63) is 12.7 Å².